The maximum atomic E-state index is 12.1. The molecule has 0 atom stereocenters. The topological polar surface area (TPSA) is 84.9 Å². The number of fused-ring (bicyclic) bond motifs is 1. The lowest BCUT2D eigenvalue weighted by Gasteiger charge is -2.24. The highest BCUT2D eigenvalue weighted by atomic mass is 16.6. The Kier molecular flexibility index (Phi) is 3.33. The van der Waals surface area contributed by atoms with Crippen LogP contribution in [-0.2, 0) is 4.79 Å². The summed E-state index contributed by atoms with van der Waals surface area (Å²) in [4.78, 5) is 23.1. The number of rotatable bonds is 3. The van der Waals surface area contributed by atoms with E-state index >= 15 is 0 Å². The molecule has 1 aliphatic heterocycles. The molecule has 0 aromatic heterocycles. The van der Waals surface area contributed by atoms with Crippen LogP contribution in [0.15, 0.2) is 18.2 Å². The quantitative estimate of drug-likeness (QED) is 0.853. The van der Waals surface area contributed by atoms with Gasteiger partial charge >= 0.3 is 5.97 Å². The third-order valence-electron chi connectivity index (χ3n) is 2.77. The van der Waals surface area contributed by atoms with Gasteiger partial charge in [-0.25, -0.2) is 4.79 Å². The summed E-state index contributed by atoms with van der Waals surface area (Å²) < 4.78 is 10.8. The molecule has 102 valence electrons. The predicted octanol–water partition coefficient (Wildman–Crippen LogP) is 1.05. The molecule has 0 fully saturated rings. The maximum Gasteiger partial charge on any atom is 0.328 e. The van der Waals surface area contributed by atoms with Gasteiger partial charge in [-0.15, -0.1) is 0 Å². The molecule has 0 radical (unpaired) electrons. The summed E-state index contributed by atoms with van der Waals surface area (Å²) in [5.74, 6) is -0.767. The van der Waals surface area contributed by atoms with Crippen molar-refractivity contribution in [2.45, 2.75) is 19.4 Å². The first-order valence-electron chi connectivity index (χ1n) is 5.86. The standard InChI is InChI=1S/C13H15NO5/c1-13(2,12(16)17)14-11(15)8-4-3-5-9-10(8)19-7-6-18-9/h3-5H,6-7H2,1-2H3,(H,14,15)(H,16,17). The Morgan fingerprint density at radius 1 is 1.26 bits per heavy atom. The first kappa shape index (κ1) is 13.2. The van der Waals surface area contributed by atoms with Crippen LogP contribution in [0, 0.1) is 0 Å². The van der Waals surface area contributed by atoms with Crippen molar-refractivity contribution >= 4 is 11.9 Å². The van der Waals surface area contributed by atoms with E-state index < -0.39 is 17.4 Å². The highest BCUT2D eigenvalue weighted by Crippen LogP contribution is 2.33. The van der Waals surface area contributed by atoms with Crippen molar-refractivity contribution in [3.05, 3.63) is 23.8 Å². The second-order valence-corrected chi connectivity index (χ2v) is 4.71. The third-order valence-corrected chi connectivity index (χ3v) is 2.77. The van der Waals surface area contributed by atoms with Gasteiger partial charge in [0.15, 0.2) is 11.5 Å². The average Bonchev–Trinajstić information content (AvgIpc) is 2.37. The van der Waals surface area contributed by atoms with E-state index in [2.05, 4.69) is 5.32 Å². The van der Waals surface area contributed by atoms with Crippen LogP contribution >= 0.6 is 0 Å². The van der Waals surface area contributed by atoms with Crippen LogP contribution in [0.2, 0.25) is 0 Å². The molecule has 0 bridgehead atoms. The number of ether oxygens (including phenoxy) is 2. The monoisotopic (exact) mass is 265 g/mol. The Labute approximate surface area is 110 Å². The van der Waals surface area contributed by atoms with Gasteiger partial charge in [-0.1, -0.05) is 6.07 Å². The van der Waals surface area contributed by atoms with Crippen LogP contribution in [0.3, 0.4) is 0 Å². The Bertz CT molecular complexity index is 524. The number of carboxylic acid groups (broad SMARTS) is 1. The molecule has 1 heterocycles. The highest BCUT2D eigenvalue weighted by Gasteiger charge is 2.31. The normalized spacial score (nSPS) is 13.8. The number of amides is 1. The summed E-state index contributed by atoms with van der Waals surface area (Å²) in [5, 5.41) is 11.5. The second-order valence-electron chi connectivity index (χ2n) is 4.71. The van der Waals surface area contributed by atoms with Gasteiger partial charge in [0.2, 0.25) is 0 Å². The summed E-state index contributed by atoms with van der Waals surface area (Å²) in [7, 11) is 0. The van der Waals surface area contributed by atoms with Gasteiger partial charge in [-0.3, -0.25) is 4.79 Å². The minimum absolute atomic E-state index is 0.270. The average molecular weight is 265 g/mol. The van der Waals surface area contributed by atoms with E-state index in [4.69, 9.17) is 14.6 Å². The second kappa shape index (κ2) is 4.79. The molecule has 0 saturated heterocycles. The van der Waals surface area contributed by atoms with Crippen molar-refractivity contribution in [3.63, 3.8) is 0 Å². The van der Waals surface area contributed by atoms with E-state index in [-0.39, 0.29) is 5.56 Å². The van der Waals surface area contributed by atoms with Gasteiger partial charge in [0.25, 0.3) is 5.91 Å². The zero-order valence-corrected chi connectivity index (χ0v) is 10.7. The van der Waals surface area contributed by atoms with Crippen molar-refractivity contribution < 1.29 is 24.2 Å². The molecule has 1 aliphatic rings. The van der Waals surface area contributed by atoms with Crippen LogP contribution in [0.25, 0.3) is 0 Å². The molecular formula is C13H15NO5. The Morgan fingerprint density at radius 2 is 1.95 bits per heavy atom. The number of carbonyl (C=O) groups is 2. The summed E-state index contributed by atoms with van der Waals surface area (Å²) in [6.45, 7) is 3.62. The van der Waals surface area contributed by atoms with Crippen LogP contribution in [-0.4, -0.2) is 35.7 Å². The molecule has 1 aromatic carbocycles. The van der Waals surface area contributed by atoms with Gasteiger partial charge in [-0.05, 0) is 26.0 Å². The summed E-state index contributed by atoms with van der Waals surface area (Å²) in [6, 6.07) is 4.94. The van der Waals surface area contributed by atoms with Gasteiger partial charge < -0.3 is 19.9 Å². The molecule has 6 nitrogen and oxygen atoms in total. The predicted molar refractivity (Wildman–Crippen MR) is 66.6 cm³/mol. The Morgan fingerprint density at radius 3 is 2.63 bits per heavy atom. The van der Waals surface area contributed by atoms with Crippen molar-refractivity contribution in [1.29, 1.82) is 0 Å². The fourth-order valence-electron chi connectivity index (χ4n) is 1.66. The highest BCUT2D eigenvalue weighted by molar-refractivity contribution is 6.00. The molecule has 0 aliphatic carbocycles. The number of hydrogen-bond acceptors (Lipinski definition) is 4. The fraction of sp³-hybridized carbons (Fsp3) is 0.385. The molecule has 6 heteroatoms. The van der Waals surface area contributed by atoms with Crippen LogP contribution in [0.1, 0.15) is 24.2 Å². The van der Waals surface area contributed by atoms with Crippen LogP contribution in [0.4, 0.5) is 0 Å². The lowest BCUT2D eigenvalue weighted by molar-refractivity contribution is -0.143. The molecule has 1 aromatic rings. The van der Waals surface area contributed by atoms with E-state index in [0.29, 0.717) is 24.7 Å². The molecule has 1 amide bonds. The van der Waals surface area contributed by atoms with Crippen LogP contribution < -0.4 is 14.8 Å². The van der Waals surface area contributed by atoms with E-state index in [0.717, 1.165) is 0 Å². The lowest BCUT2D eigenvalue weighted by atomic mass is 10.0. The molecule has 0 saturated carbocycles. The van der Waals surface area contributed by atoms with Crippen molar-refractivity contribution in [2.75, 3.05) is 13.2 Å². The van der Waals surface area contributed by atoms with Crippen molar-refractivity contribution in [3.8, 4) is 11.5 Å². The molecule has 2 rings (SSSR count). The Hall–Kier alpha value is -2.24. The van der Waals surface area contributed by atoms with Gasteiger partial charge in [0.1, 0.15) is 18.8 Å². The smallest absolute Gasteiger partial charge is 0.328 e. The van der Waals surface area contributed by atoms with Gasteiger partial charge in [0.05, 0.1) is 5.56 Å². The maximum absolute atomic E-state index is 12.1. The summed E-state index contributed by atoms with van der Waals surface area (Å²) in [6.07, 6.45) is 0. The van der Waals surface area contributed by atoms with Crippen LogP contribution in [0.5, 0.6) is 11.5 Å². The minimum atomic E-state index is -1.35. The molecule has 0 unspecified atom stereocenters. The van der Waals surface area contributed by atoms with Gasteiger partial charge in [0, 0.05) is 0 Å². The third kappa shape index (κ3) is 2.62. The number of aliphatic carboxylic acids is 1. The van der Waals surface area contributed by atoms with Crippen molar-refractivity contribution in [2.24, 2.45) is 0 Å². The largest absolute Gasteiger partial charge is 0.486 e. The summed E-state index contributed by atoms with van der Waals surface area (Å²) >= 11 is 0. The van der Waals surface area contributed by atoms with E-state index in [9.17, 15) is 9.59 Å². The number of para-hydroxylation sites is 1. The van der Waals surface area contributed by atoms with Gasteiger partial charge in [-0.2, -0.15) is 0 Å². The molecule has 2 N–H and O–H groups in total. The number of nitrogens with one attached hydrogen (secondary N) is 1. The zero-order chi connectivity index (χ0) is 14.0. The van der Waals surface area contributed by atoms with E-state index in [1.807, 2.05) is 0 Å². The SMILES string of the molecule is CC(C)(NC(=O)c1cccc2c1OCCO2)C(=O)O. The fourth-order valence-corrected chi connectivity index (χ4v) is 1.66. The van der Waals surface area contributed by atoms with E-state index in [1.54, 1.807) is 18.2 Å². The number of carbonyl (C=O) groups excluding carboxylic acids is 1. The lowest BCUT2D eigenvalue weighted by Crippen LogP contribution is -2.49. The number of carboxylic acids is 1. The molecule has 0 spiro atoms. The number of hydrogen-bond donors (Lipinski definition) is 2. The summed E-state index contributed by atoms with van der Waals surface area (Å²) in [5.41, 5.74) is -1.08. The zero-order valence-electron chi connectivity index (χ0n) is 10.7. The van der Waals surface area contributed by atoms with Crippen molar-refractivity contribution in [1.82, 2.24) is 5.32 Å². The minimum Gasteiger partial charge on any atom is -0.486 e. The van der Waals surface area contributed by atoms with E-state index in [1.165, 1.54) is 13.8 Å². The molecular weight excluding hydrogens is 250 g/mol. The number of benzene rings is 1. The first-order valence-corrected chi connectivity index (χ1v) is 5.86. The Balaban J connectivity index is 2.27. The first-order chi connectivity index (χ1) is 8.92. The molecule has 19 heavy (non-hydrogen) atoms.